The molecule has 0 spiro atoms. The van der Waals surface area contributed by atoms with E-state index in [0.29, 0.717) is 11.4 Å². The minimum Gasteiger partial charge on any atom is -0.495 e. The largest absolute Gasteiger partial charge is 0.495 e. The molecule has 0 aliphatic carbocycles. The van der Waals surface area contributed by atoms with Crippen LogP contribution in [0, 0.1) is 5.82 Å². The molecule has 1 aliphatic rings. The number of amides is 2. The Labute approximate surface area is 201 Å². The maximum absolute atomic E-state index is 13.2. The van der Waals surface area contributed by atoms with E-state index in [0.717, 1.165) is 24.3 Å². The number of methoxy groups -OCH3 is 1. The second kappa shape index (κ2) is 9.63. The van der Waals surface area contributed by atoms with Crippen molar-refractivity contribution in [3.8, 4) is 11.5 Å². The van der Waals surface area contributed by atoms with Gasteiger partial charge in [0.2, 0.25) is 5.91 Å². The number of benzene rings is 3. The van der Waals surface area contributed by atoms with E-state index in [1.54, 1.807) is 31.2 Å². The number of sulfonamides is 1. The normalized spacial score (nSPS) is 15.1. The summed E-state index contributed by atoms with van der Waals surface area (Å²) < 4.78 is 51.8. The number of anilines is 3. The van der Waals surface area contributed by atoms with Gasteiger partial charge in [-0.05, 0) is 61.5 Å². The van der Waals surface area contributed by atoms with Crippen LogP contribution in [0.1, 0.15) is 6.92 Å². The lowest BCUT2D eigenvalue weighted by Gasteiger charge is -2.32. The average Bonchev–Trinajstić information content (AvgIpc) is 2.82. The third kappa shape index (κ3) is 5.19. The van der Waals surface area contributed by atoms with Crippen LogP contribution in [0.5, 0.6) is 11.5 Å². The van der Waals surface area contributed by atoms with Crippen molar-refractivity contribution in [3.63, 3.8) is 0 Å². The lowest BCUT2D eigenvalue weighted by atomic mass is 10.2. The molecule has 1 unspecified atom stereocenters. The fraction of sp³-hybridized carbons (Fsp3) is 0.167. The van der Waals surface area contributed by atoms with Gasteiger partial charge in [-0.1, -0.05) is 12.1 Å². The molecule has 182 valence electrons. The third-order valence-electron chi connectivity index (χ3n) is 5.23. The van der Waals surface area contributed by atoms with Crippen LogP contribution in [0.4, 0.5) is 21.5 Å². The van der Waals surface area contributed by atoms with Gasteiger partial charge in [0.1, 0.15) is 23.9 Å². The van der Waals surface area contributed by atoms with E-state index in [9.17, 15) is 22.4 Å². The van der Waals surface area contributed by atoms with Gasteiger partial charge in [0.05, 0.1) is 23.4 Å². The summed E-state index contributed by atoms with van der Waals surface area (Å²) in [5.74, 6) is -0.725. The second-order valence-corrected chi connectivity index (χ2v) is 9.36. The monoisotopic (exact) mass is 499 g/mol. The summed E-state index contributed by atoms with van der Waals surface area (Å²) in [5.41, 5.74) is 0.818. The summed E-state index contributed by atoms with van der Waals surface area (Å²) in [6, 6.07) is 15.6. The Bertz CT molecular complexity index is 1380. The summed E-state index contributed by atoms with van der Waals surface area (Å²) in [4.78, 5) is 26.6. The van der Waals surface area contributed by atoms with Crippen LogP contribution < -0.4 is 24.4 Å². The topological polar surface area (TPSA) is 114 Å². The summed E-state index contributed by atoms with van der Waals surface area (Å²) in [5, 5.41) is 2.67. The molecule has 11 heteroatoms. The van der Waals surface area contributed by atoms with Crippen LogP contribution in [0.25, 0.3) is 0 Å². The first-order chi connectivity index (χ1) is 16.7. The standard InChI is InChI=1S/C24H22FN3O6S/c1-15-24(30)28(20-5-3-4-6-22(20)34-15)14-23(29)26-17-9-12-21(33-2)19(13-17)27-35(31,32)18-10-7-16(25)8-11-18/h3-13,15,27H,14H2,1-2H3,(H,26,29). The SMILES string of the molecule is COc1ccc(NC(=O)CN2C(=O)C(C)Oc3ccccc32)cc1NS(=O)(=O)c1ccc(F)cc1. The average molecular weight is 500 g/mol. The van der Waals surface area contributed by atoms with Gasteiger partial charge in [0.15, 0.2) is 6.10 Å². The van der Waals surface area contributed by atoms with E-state index in [4.69, 9.17) is 9.47 Å². The van der Waals surface area contributed by atoms with Crippen molar-refractivity contribution < 1.29 is 31.9 Å². The Kier molecular flexibility index (Phi) is 6.61. The molecule has 0 radical (unpaired) electrons. The van der Waals surface area contributed by atoms with Crippen LogP contribution in [0.3, 0.4) is 0 Å². The highest BCUT2D eigenvalue weighted by atomic mass is 32.2. The van der Waals surface area contributed by atoms with E-state index in [-0.39, 0.29) is 34.5 Å². The maximum atomic E-state index is 13.2. The molecular formula is C24H22FN3O6S. The van der Waals surface area contributed by atoms with Gasteiger partial charge in [0.25, 0.3) is 15.9 Å². The van der Waals surface area contributed by atoms with Gasteiger partial charge in [-0.25, -0.2) is 12.8 Å². The number of carbonyl (C=O) groups is 2. The van der Waals surface area contributed by atoms with E-state index in [2.05, 4.69) is 10.0 Å². The predicted octanol–water partition coefficient (Wildman–Crippen LogP) is 3.39. The number of para-hydroxylation sites is 2. The number of hydrogen-bond donors (Lipinski definition) is 2. The smallest absolute Gasteiger partial charge is 0.268 e. The summed E-state index contributed by atoms with van der Waals surface area (Å²) in [7, 11) is -2.69. The highest BCUT2D eigenvalue weighted by Gasteiger charge is 2.32. The molecule has 3 aromatic rings. The van der Waals surface area contributed by atoms with Crippen LogP contribution in [-0.2, 0) is 19.6 Å². The minimum absolute atomic E-state index is 0.0658. The molecule has 0 saturated heterocycles. The zero-order valence-corrected chi connectivity index (χ0v) is 19.6. The quantitative estimate of drug-likeness (QED) is 0.515. The van der Waals surface area contributed by atoms with Crippen LogP contribution >= 0.6 is 0 Å². The Morgan fingerprint density at radius 2 is 1.83 bits per heavy atom. The van der Waals surface area contributed by atoms with Crippen molar-refractivity contribution in [1.82, 2.24) is 0 Å². The van der Waals surface area contributed by atoms with Crippen LogP contribution in [-0.4, -0.2) is 40.0 Å². The highest BCUT2D eigenvalue weighted by molar-refractivity contribution is 7.92. The Morgan fingerprint density at radius 1 is 1.11 bits per heavy atom. The number of rotatable bonds is 7. The van der Waals surface area contributed by atoms with Crippen molar-refractivity contribution >= 4 is 38.9 Å². The second-order valence-electron chi connectivity index (χ2n) is 7.67. The number of fused-ring (bicyclic) bond motifs is 1. The van der Waals surface area contributed by atoms with Crippen LogP contribution in [0.15, 0.2) is 71.6 Å². The molecule has 35 heavy (non-hydrogen) atoms. The van der Waals surface area contributed by atoms with E-state index in [1.165, 1.54) is 30.2 Å². The van der Waals surface area contributed by atoms with Gasteiger partial charge in [-0.15, -0.1) is 0 Å². The van der Waals surface area contributed by atoms with Crippen molar-refractivity contribution in [2.45, 2.75) is 17.9 Å². The summed E-state index contributed by atoms with van der Waals surface area (Å²) in [6.45, 7) is 1.33. The summed E-state index contributed by atoms with van der Waals surface area (Å²) >= 11 is 0. The lowest BCUT2D eigenvalue weighted by molar-refractivity contribution is -0.127. The molecular weight excluding hydrogens is 477 g/mol. The molecule has 2 N–H and O–H groups in total. The molecule has 0 fully saturated rings. The van der Waals surface area contributed by atoms with Crippen molar-refractivity contribution in [2.75, 3.05) is 28.6 Å². The molecule has 4 rings (SSSR count). The molecule has 0 bridgehead atoms. The van der Waals surface area contributed by atoms with Crippen LogP contribution in [0.2, 0.25) is 0 Å². The van der Waals surface area contributed by atoms with Gasteiger partial charge < -0.3 is 14.8 Å². The third-order valence-corrected chi connectivity index (χ3v) is 6.61. The number of halogens is 1. The van der Waals surface area contributed by atoms with Crippen molar-refractivity contribution in [1.29, 1.82) is 0 Å². The van der Waals surface area contributed by atoms with E-state index >= 15 is 0 Å². The zero-order valence-electron chi connectivity index (χ0n) is 18.8. The summed E-state index contributed by atoms with van der Waals surface area (Å²) in [6.07, 6.45) is -0.744. The van der Waals surface area contributed by atoms with E-state index < -0.39 is 27.9 Å². The number of nitrogens with zero attached hydrogens (tertiary/aromatic N) is 1. The molecule has 1 aliphatic heterocycles. The molecule has 2 amide bonds. The number of carbonyl (C=O) groups excluding carboxylic acids is 2. The van der Waals surface area contributed by atoms with Gasteiger partial charge >= 0.3 is 0 Å². The molecule has 1 heterocycles. The Morgan fingerprint density at radius 3 is 2.54 bits per heavy atom. The molecule has 3 aromatic carbocycles. The fourth-order valence-electron chi connectivity index (χ4n) is 3.55. The Hall–Kier alpha value is -4.12. The molecule has 1 atom stereocenters. The van der Waals surface area contributed by atoms with E-state index in [1.807, 2.05) is 0 Å². The van der Waals surface area contributed by atoms with Crippen molar-refractivity contribution in [2.24, 2.45) is 0 Å². The zero-order chi connectivity index (χ0) is 25.2. The highest BCUT2D eigenvalue weighted by Crippen LogP contribution is 2.34. The molecule has 0 aromatic heterocycles. The Balaban J connectivity index is 1.53. The lowest BCUT2D eigenvalue weighted by Crippen LogP contribution is -2.47. The maximum Gasteiger partial charge on any atom is 0.268 e. The molecule has 0 saturated carbocycles. The number of nitrogens with one attached hydrogen (secondary N) is 2. The first-order valence-corrected chi connectivity index (χ1v) is 12.0. The predicted molar refractivity (Wildman–Crippen MR) is 128 cm³/mol. The molecule has 9 nitrogen and oxygen atoms in total. The number of ether oxygens (including phenoxy) is 2. The fourth-order valence-corrected chi connectivity index (χ4v) is 4.61. The van der Waals surface area contributed by atoms with Gasteiger partial charge in [-0.2, -0.15) is 0 Å². The van der Waals surface area contributed by atoms with Crippen molar-refractivity contribution in [3.05, 3.63) is 72.5 Å². The minimum atomic E-state index is -4.05. The van der Waals surface area contributed by atoms with Gasteiger partial charge in [0, 0.05) is 5.69 Å². The first-order valence-electron chi connectivity index (χ1n) is 10.5. The number of hydrogen-bond acceptors (Lipinski definition) is 6. The first kappa shape index (κ1) is 24.0. The van der Waals surface area contributed by atoms with Gasteiger partial charge in [-0.3, -0.25) is 19.2 Å².